The Kier molecular flexibility index (Phi) is 3.76. The predicted molar refractivity (Wildman–Crippen MR) is 74.4 cm³/mol. The van der Waals surface area contributed by atoms with E-state index in [0.717, 1.165) is 34.3 Å². The van der Waals surface area contributed by atoms with Crippen LogP contribution in [0.5, 0.6) is 11.5 Å². The number of imidazole rings is 1. The molecule has 0 fully saturated rings. The van der Waals surface area contributed by atoms with Crippen molar-refractivity contribution in [2.24, 2.45) is 12.8 Å². The lowest BCUT2D eigenvalue weighted by molar-refractivity contribution is 0.395. The summed E-state index contributed by atoms with van der Waals surface area (Å²) in [6.45, 7) is 2.43. The van der Waals surface area contributed by atoms with Gasteiger partial charge in [-0.2, -0.15) is 0 Å². The molecular weight excluding hydrogens is 242 g/mol. The Morgan fingerprint density at radius 1 is 1.26 bits per heavy atom. The topological polar surface area (TPSA) is 62.3 Å². The molecule has 19 heavy (non-hydrogen) atoms. The van der Waals surface area contributed by atoms with Crippen molar-refractivity contribution < 1.29 is 9.47 Å². The zero-order chi connectivity index (χ0) is 14.0. The van der Waals surface area contributed by atoms with Crippen molar-refractivity contribution in [1.82, 2.24) is 9.55 Å². The van der Waals surface area contributed by atoms with Crippen LogP contribution in [0.3, 0.4) is 0 Å². The zero-order valence-corrected chi connectivity index (χ0v) is 11.7. The standard InChI is InChI=1S/C14H19N3O2/c1-9-14(16-13(8-15)17(9)2)11-6-5-10(18-3)7-12(11)19-4/h5-7H,8,15H2,1-4H3. The second-order valence-corrected chi connectivity index (χ2v) is 4.29. The summed E-state index contributed by atoms with van der Waals surface area (Å²) < 4.78 is 12.6. The van der Waals surface area contributed by atoms with E-state index in [1.54, 1.807) is 14.2 Å². The fraction of sp³-hybridized carbons (Fsp3) is 0.357. The minimum atomic E-state index is 0.413. The molecule has 5 nitrogen and oxygen atoms in total. The largest absolute Gasteiger partial charge is 0.497 e. The van der Waals surface area contributed by atoms with Crippen molar-refractivity contribution in [2.75, 3.05) is 14.2 Å². The van der Waals surface area contributed by atoms with Crippen molar-refractivity contribution in [3.05, 3.63) is 29.7 Å². The van der Waals surface area contributed by atoms with Crippen LogP contribution in [0.25, 0.3) is 11.3 Å². The maximum absolute atomic E-state index is 5.69. The summed E-state index contributed by atoms with van der Waals surface area (Å²) in [7, 11) is 5.23. The highest BCUT2D eigenvalue weighted by atomic mass is 16.5. The highest BCUT2D eigenvalue weighted by Gasteiger charge is 2.16. The summed E-state index contributed by atoms with van der Waals surface area (Å²) >= 11 is 0. The van der Waals surface area contributed by atoms with E-state index in [0.29, 0.717) is 6.54 Å². The highest BCUT2D eigenvalue weighted by Crippen LogP contribution is 2.34. The third-order valence-electron chi connectivity index (χ3n) is 3.32. The van der Waals surface area contributed by atoms with Gasteiger partial charge in [0.05, 0.1) is 26.5 Å². The summed E-state index contributed by atoms with van der Waals surface area (Å²) in [5.41, 5.74) is 8.58. The van der Waals surface area contributed by atoms with Gasteiger partial charge >= 0.3 is 0 Å². The van der Waals surface area contributed by atoms with Crippen LogP contribution in [0.2, 0.25) is 0 Å². The summed E-state index contributed by atoms with van der Waals surface area (Å²) in [6.07, 6.45) is 0. The van der Waals surface area contributed by atoms with Crippen molar-refractivity contribution in [3.8, 4) is 22.8 Å². The third-order valence-corrected chi connectivity index (χ3v) is 3.32. The molecule has 1 aromatic carbocycles. The molecule has 0 aliphatic carbocycles. The van der Waals surface area contributed by atoms with Crippen LogP contribution in [-0.2, 0) is 13.6 Å². The van der Waals surface area contributed by atoms with Gasteiger partial charge in [0, 0.05) is 24.4 Å². The summed E-state index contributed by atoms with van der Waals surface area (Å²) in [6, 6.07) is 5.70. The summed E-state index contributed by atoms with van der Waals surface area (Å²) in [5.74, 6) is 2.35. The highest BCUT2D eigenvalue weighted by molar-refractivity contribution is 5.70. The third kappa shape index (κ3) is 2.29. The molecule has 5 heteroatoms. The first-order chi connectivity index (χ1) is 9.12. The fourth-order valence-electron chi connectivity index (χ4n) is 2.07. The Labute approximate surface area is 113 Å². The summed E-state index contributed by atoms with van der Waals surface area (Å²) in [4.78, 5) is 4.58. The second kappa shape index (κ2) is 5.32. The molecule has 0 bridgehead atoms. The Bertz CT molecular complexity index is 591. The lowest BCUT2D eigenvalue weighted by Gasteiger charge is -2.09. The van der Waals surface area contributed by atoms with Crippen LogP contribution < -0.4 is 15.2 Å². The van der Waals surface area contributed by atoms with Crippen LogP contribution >= 0.6 is 0 Å². The Balaban J connectivity index is 2.58. The average Bonchev–Trinajstić information content (AvgIpc) is 2.74. The Morgan fingerprint density at radius 2 is 2.00 bits per heavy atom. The van der Waals surface area contributed by atoms with E-state index >= 15 is 0 Å². The number of nitrogens with zero attached hydrogens (tertiary/aromatic N) is 2. The molecule has 0 unspecified atom stereocenters. The van der Waals surface area contributed by atoms with Crippen LogP contribution in [-0.4, -0.2) is 23.8 Å². The van der Waals surface area contributed by atoms with Gasteiger partial charge in [0.2, 0.25) is 0 Å². The lowest BCUT2D eigenvalue weighted by atomic mass is 10.1. The van der Waals surface area contributed by atoms with Crippen molar-refractivity contribution in [2.45, 2.75) is 13.5 Å². The summed E-state index contributed by atoms with van der Waals surface area (Å²) in [5, 5.41) is 0. The molecule has 2 aromatic rings. The molecule has 0 atom stereocenters. The Hall–Kier alpha value is -2.01. The number of nitrogens with two attached hydrogens (primary N) is 1. The van der Waals surface area contributed by atoms with E-state index in [1.165, 1.54) is 0 Å². The van der Waals surface area contributed by atoms with E-state index in [-0.39, 0.29) is 0 Å². The predicted octanol–water partition coefficient (Wildman–Crippen LogP) is 1.87. The van der Waals surface area contributed by atoms with E-state index in [1.807, 2.05) is 36.7 Å². The van der Waals surface area contributed by atoms with Gasteiger partial charge in [-0.25, -0.2) is 4.98 Å². The Morgan fingerprint density at radius 3 is 2.53 bits per heavy atom. The van der Waals surface area contributed by atoms with E-state index in [4.69, 9.17) is 15.2 Å². The molecule has 1 heterocycles. The van der Waals surface area contributed by atoms with Crippen LogP contribution in [0.1, 0.15) is 11.5 Å². The normalized spacial score (nSPS) is 10.6. The fourth-order valence-corrected chi connectivity index (χ4v) is 2.07. The first kappa shape index (κ1) is 13.4. The first-order valence-corrected chi connectivity index (χ1v) is 6.07. The van der Waals surface area contributed by atoms with E-state index in [9.17, 15) is 0 Å². The average molecular weight is 261 g/mol. The van der Waals surface area contributed by atoms with Crippen molar-refractivity contribution in [1.29, 1.82) is 0 Å². The van der Waals surface area contributed by atoms with Gasteiger partial charge in [0.25, 0.3) is 0 Å². The molecule has 0 saturated carbocycles. The maximum Gasteiger partial charge on any atom is 0.132 e. The molecule has 0 radical (unpaired) electrons. The van der Waals surface area contributed by atoms with Gasteiger partial charge in [-0.3, -0.25) is 0 Å². The second-order valence-electron chi connectivity index (χ2n) is 4.29. The van der Waals surface area contributed by atoms with Gasteiger partial charge in [0.15, 0.2) is 0 Å². The van der Waals surface area contributed by atoms with Crippen molar-refractivity contribution in [3.63, 3.8) is 0 Å². The van der Waals surface area contributed by atoms with E-state index in [2.05, 4.69) is 4.98 Å². The van der Waals surface area contributed by atoms with Crippen LogP contribution in [0.15, 0.2) is 18.2 Å². The van der Waals surface area contributed by atoms with Crippen molar-refractivity contribution >= 4 is 0 Å². The molecule has 0 aliphatic heterocycles. The van der Waals surface area contributed by atoms with Gasteiger partial charge in [-0.1, -0.05) is 0 Å². The first-order valence-electron chi connectivity index (χ1n) is 6.07. The van der Waals surface area contributed by atoms with Crippen LogP contribution in [0.4, 0.5) is 0 Å². The molecule has 1 aromatic heterocycles. The number of hydrogen-bond donors (Lipinski definition) is 1. The molecule has 0 amide bonds. The molecule has 0 aliphatic rings. The zero-order valence-electron chi connectivity index (χ0n) is 11.7. The molecule has 102 valence electrons. The monoisotopic (exact) mass is 261 g/mol. The van der Waals surface area contributed by atoms with Gasteiger partial charge in [-0.15, -0.1) is 0 Å². The lowest BCUT2D eigenvalue weighted by Crippen LogP contribution is -2.05. The molecule has 2 rings (SSSR count). The molecular formula is C14H19N3O2. The number of methoxy groups -OCH3 is 2. The number of hydrogen-bond acceptors (Lipinski definition) is 4. The number of ether oxygens (including phenoxy) is 2. The van der Waals surface area contributed by atoms with E-state index < -0.39 is 0 Å². The minimum absolute atomic E-state index is 0.413. The van der Waals surface area contributed by atoms with Crippen LogP contribution in [0, 0.1) is 6.92 Å². The van der Waals surface area contributed by atoms with Gasteiger partial charge in [0.1, 0.15) is 17.3 Å². The SMILES string of the molecule is COc1ccc(-c2nc(CN)n(C)c2C)c(OC)c1. The molecule has 0 spiro atoms. The number of benzene rings is 1. The molecule has 0 saturated heterocycles. The smallest absolute Gasteiger partial charge is 0.132 e. The van der Waals surface area contributed by atoms with Gasteiger partial charge < -0.3 is 19.8 Å². The number of aromatic nitrogens is 2. The maximum atomic E-state index is 5.69. The minimum Gasteiger partial charge on any atom is -0.497 e. The number of rotatable bonds is 4. The quantitative estimate of drug-likeness (QED) is 0.912. The molecule has 2 N–H and O–H groups in total. The van der Waals surface area contributed by atoms with Gasteiger partial charge in [-0.05, 0) is 19.1 Å².